The van der Waals surface area contributed by atoms with E-state index < -0.39 is 0 Å². The van der Waals surface area contributed by atoms with Gasteiger partial charge in [0.1, 0.15) is 12.4 Å². The summed E-state index contributed by atoms with van der Waals surface area (Å²) in [4.78, 5) is 4.31. The van der Waals surface area contributed by atoms with Crippen LogP contribution in [-0.2, 0) is 13.2 Å². The predicted octanol–water partition coefficient (Wildman–Crippen LogP) is 4.00. The van der Waals surface area contributed by atoms with Crippen molar-refractivity contribution in [1.29, 1.82) is 0 Å². The molecule has 0 amide bonds. The number of nitrogens with zero attached hydrogens (tertiary/aromatic N) is 1. The molecule has 0 aliphatic carbocycles. The fraction of sp³-hybridized carbons (Fsp3) is 0.267. The second-order valence-electron chi connectivity index (χ2n) is 4.46. The van der Waals surface area contributed by atoms with E-state index in [0.717, 1.165) is 16.8 Å². The van der Waals surface area contributed by atoms with E-state index in [1.54, 1.807) is 12.3 Å². The van der Waals surface area contributed by atoms with Gasteiger partial charge in [0.05, 0.1) is 10.7 Å². The molecule has 0 saturated carbocycles. The molecule has 0 fully saturated rings. The molecule has 0 bridgehead atoms. The number of ether oxygens (including phenoxy) is 1. The lowest BCUT2D eigenvalue weighted by molar-refractivity contribution is 0.297. The van der Waals surface area contributed by atoms with Crippen molar-refractivity contribution in [1.82, 2.24) is 10.3 Å². The molecule has 0 spiro atoms. The maximum Gasteiger partial charge on any atom is 0.143 e. The van der Waals surface area contributed by atoms with Gasteiger partial charge in [0.25, 0.3) is 0 Å². The van der Waals surface area contributed by atoms with Crippen LogP contribution in [0.15, 0.2) is 30.5 Å². The van der Waals surface area contributed by atoms with E-state index in [-0.39, 0.29) is 0 Å². The summed E-state index contributed by atoms with van der Waals surface area (Å²) in [5.41, 5.74) is 2.92. The van der Waals surface area contributed by atoms with Crippen molar-refractivity contribution in [2.75, 3.05) is 7.05 Å². The summed E-state index contributed by atoms with van der Waals surface area (Å²) in [6.45, 7) is 3.02. The molecule has 0 unspecified atom stereocenters. The minimum absolute atomic E-state index is 0.380. The second kappa shape index (κ2) is 6.93. The van der Waals surface area contributed by atoms with Crippen LogP contribution < -0.4 is 10.1 Å². The summed E-state index contributed by atoms with van der Waals surface area (Å²) in [5.74, 6) is 0.649. The largest absolute Gasteiger partial charge is 0.485 e. The highest BCUT2D eigenvalue weighted by molar-refractivity contribution is 6.35. The van der Waals surface area contributed by atoms with Gasteiger partial charge in [-0.05, 0) is 37.7 Å². The number of nitrogens with one attached hydrogen (secondary N) is 1. The number of hydrogen-bond donors (Lipinski definition) is 1. The summed E-state index contributed by atoms with van der Waals surface area (Å²) < 4.78 is 5.85. The lowest BCUT2D eigenvalue weighted by atomic mass is 10.2. The minimum Gasteiger partial charge on any atom is -0.485 e. The zero-order chi connectivity index (χ0) is 14.5. The van der Waals surface area contributed by atoms with Crippen molar-refractivity contribution in [3.8, 4) is 5.75 Å². The lowest BCUT2D eigenvalue weighted by Gasteiger charge is -2.14. The Hall–Kier alpha value is -1.29. The summed E-state index contributed by atoms with van der Waals surface area (Å²) >= 11 is 12.2. The quantitative estimate of drug-likeness (QED) is 0.906. The molecular formula is C15H16Cl2N2O. The lowest BCUT2D eigenvalue weighted by Crippen LogP contribution is -2.09. The number of benzene rings is 1. The second-order valence-corrected chi connectivity index (χ2v) is 5.31. The highest BCUT2D eigenvalue weighted by Crippen LogP contribution is 2.33. The molecule has 0 aliphatic heterocycles. The van der Waals surface area contributed by atoms with Gasteiger partial charge in [0.2, 0.25) is 0 Å². The molecule has 1 aromatic heterocycles. The van der Waals surface area contributed by atoms with E-state index in [1.807, 2.05) is 32.2 Å². The molecule has 5 heteroatoms. The molecule has 2 rings (SSSR count). The number of aryl methyl sites for hydroxylation is 1. The van der Waals surface area contributed by atoms with Crippen LogP contribution >= 0.6 is 23.2 Å². The van der Waals surface area contributed by atoms with Gasteiger partial charge in [-0.15, -0.1) is 0 Å². The molecule has 0 aliphatic rings. The first-order chi connectivity index (χ1) is 9.61. The Bertz CT molecular complexity index is 602. The van der Waals surface area contributed by atoms with Crippen molar-refractivity contribution in [3.05, 3.63) is 57.3 Å². The Balaban J connectivity index is 2.22. The molecule has 0 saturated heterocycles. The topological polar surface area (TPSA) is 34.1 Å². The Kier molecular flexibility index (Phi) is 5.24. The Morgan fingerprint density at radius 3 is 2.80 bits per heavy atom. The summed E-state index contributed by atoms with van der Waals surface area (Å²) in [6.07, 6.45) is 1.75. The van der Waals surface area contributed by atoms with Crippen molar-refractivity contribution in [2.24, 2.45) is 0 Å². The zero-order valence-electron chi connectivity index (χ0n) is 11.4. The Labute approximate surface area is 128 Å². The van der Waals surface area contributed by atoms with Gasteiger partial charge < -0.3 is 10.1 Å². The van der Waals surface area contributed by atoms with E-state index in [1.165, 1.54) is 0 Å². The molecule has 3 nitrogen and oxygen atoms in total. The standard InChI is InChI=1S/C15H16Cl2N2O/c1-10-4-3-5-19-14(10)9-20-15-11(8-18-2)6-12(16)7-13(15)17/h3-7,18H,8-9H2,1-2H3. The van der Waals surface area contributed by atoms with Gasteiger partial charge in [0.15, 0.2) is 0 Å². The molecule has 1 aromatic carbocycles. The highest BCUT2D eigenvalue weighted by Gasteiger charge is 2.11. The van der Waals surface area contributed by atoms with Crippen LogP contribution in [0.5, 0.6) is 5.75 Å². The van der Waals surface area contributed by atoms with E-state index in [4.69, 9.17) is 27.9 Å². The predicted molar refractivity (Wildman–Crippen MR) is 82.5 cm³/mol. The van der Waals surface area contributed by atoms with Gasteiger partial charge in [-0.2, -0.15) is 0 Å². The normalized spacial score (nSPS) is 10.6. The van der Waals surface area contributed by atoms with Gasteiger partial charge in [-0.25, -0.2) is 0 Å². The number of rotatable bonds is 5. The smallest absolute Gasteiger partial charge is 0.143 e. The number of aromatic nitrogens is 1. The number of halogens is 2. The third-order valence-electron chi connectivity index (χ3n) is 2.92. The zero-order valence-corrected chi connectivity index (χ0v) is 12.9. The first kappa shape index (κ1) is 15.1. The van der Waals surface area contributed by atoms with Gasteiger partial charge in [-0.3, -0.25) is 4.98 Å². The molecular weight excluding hydrogens is 295 g/mol. The van der Waals surface area contributed by atoms with E-state index in [2.05, 4.69) is 10.3 Å². The first-order valence-corrected chi connectivity index (χ1v) is 7.03. The molecule has 20 heavy (non-hydrogen) atoms. The molecule has 1 N–H and O–H groups in total. The van der Waals surface area contributed by atoms with Crippen LogP contribution in [-0.4, -0.2) is 12.0 Å². The third kappa shape index (κ3) is 3.63. The Morgan fingerprint density at radius 2 is 2.10 bits per heavy atom. The van der Waals surface area contributed by atoms with Crippen LogP contribution in [0.2, 0.25) is 10.0 Å². The minimum atomic E-state index is 0.380. The Morgan fingerprint density at radius 1 is 1.30 bits per heavy atom. The van der Waals surface area contributed by atoms with Gasteiger partial charge in [-0.1, -0.05) is 29.3 Å². The summed E-state index contributed by atoms with van der Waals surface area (Å²) in [7, 11) is 1.86. The van der Waals surface area contributed by atoms with Gasteiger partial charge in [0, 0.05) is 23.3 Å². The number of hydrogen-bond acceptors (Lipinski definition) is 3. The van der Waals surface area contributed by atoms with Crippen molar-refractivity contribution < 1.29 is 4.74 Å². The SMILES string of the molecule is CNCc1cc(Cl)cc(Cl)c1OCc1ncccc1C. The van der Waals surface area contributed by atoms with E-state index in [9.17, 15) is 0 Å². The third-order valence-corrected chi connectivity index (χ3v) is 3.42. The van der Waals surface area contributed by atoms with E-state index in [0.29, 0.717) is 28.9 Å². The maximum absolute atomic E-state index is 6.22. The van der Waals surface area contributed by atoms with Crippen LogP contribution in [0.25, 0.3) is 0 Å². The van der Waals surface area contributed by atoms with Crippen molar-refractivity contribution >= 4 is 23.2 Å². The first-order valence-electron chi connectivity index (χ1n) is 6.27. The average molecular weight is 311 g/mol. The molecule has 2 aromatic rings. The van der Waals surface area contributed by atoms with Crippen LogP contribution in [0.1, 0.15) is 16.8 Å². The molecule has 106 valence electrons. The molecule has 0 atom stereocenters. The molecule has 1 heterocycles. The van der Waals surface area contributed by atoms with Crippen LogP contribution in [0.3, 0.4) is 0 Å². The summed E-state index contributed by atoms with van der Waals surface area (Å²) in [5, 5.41) is 4.18. The fourth-order valence-electron chi connectivity index (χ4n) is 1.91. The maximum atomic E-state index is 6.22. The summed E-state index contributed by atoms with van der Waals surface area (Å²) in [6, 6.07) is 7.44. The van der Waals surface area contributed by atoms with Crippen LogP contribution in [0.4, 0.5) is 0 Å². The van der Waals surface area contributed by atoms with Crippen molar-refractivity contribution in [2.45, 2.75) is 20.1 Å². The van der Waals surface area contributed by atoms with Crippen molar-refractivity contribution in [3.63, 3.8) is 0 Å². The van der Waals surface area contributed by atoms with Crippen LogP contribution in [0, 0.1) is 6.92 Å². The van der Waals surface area contributed by atoms with Gasteiger partial charge >= 0.3 is 0 Å². The average Bonchev–Trinajstić information content (AvgIpc) is 2.40. The monoisotopic (exact) mass is 310 g/mol. The van der Waals surface area contributed by atoms with E-state index >= 15 is 0 Å². The molecule has 0 radical (unpaired) electrons. The fourth-order valence-corrected chi connectivity index (χ4v) is 2.50. The highest BCUT2D eigenvalue weighted by atomic mass is 35.5. The number of pyridine rings is 1.